The largest absolute Gasteiger partial charge is 0.480 e. The summed E-state index contributed by atoms with van der Waals surface area (Å²) in [6.07, 6.45) is 4.20. The van der Waals surface area contributed by atoms with Crippen LogP contribution < -0.4 is 21.3 Å². The first-order chi connectivity index (χ1) is 25.6. The van der Waals surface area contributed by atoms with Crippen LogP contribution in [-0.4, -0.2) is 111 Å². The molecule has 0 aliphatic carbocycles. The molecular weight excluding hydrogens is 702 g/mol. The molecule has 1 aromatic carbocycles. The van der Waals surface area contributed by atoms with Gasteiger partial charge in [-0.15, -0.1) is 0 Å². The topological polar surface area (TPSA) is 243 Å². The van der Waals surface area contributed by atoms with Gasteiger partial charge in [0.05, 0.1) is 25.3 Å². The van der Waals surface area contributed by atoms with Crippen LogP contribution in [0.4, 0.5) is 0 Å². The average molecular weight is 752 g/mol. The number of nitrogens with zero attached hydrogens (tertiary/aromatic N) is 3. The monoisotopic (exact) mass is 751 g/mol. The number of carbonyl (C=O) groups is 8. The van der Waals surface area contributed by atoms with E-state index >= 15 is 0 Å². The van der Waals surface area contributed by atoms with Gasteiger partial charge >= 0.3 is 11.9 Å². The minimum absolute atomic E-state index is 0.0144. The number of ketones is 1. The zero-order chi connectivity index (χ0) is 40.1. The van der Waals surface area contributed by atoms with Crippen LogP contribution in [0, 0.1) is 17.8 Å². The number of hydrogen-bond donors (Lipinski definition) is 5. The van der Waals surface area contributed by atoms with Crippen molar-refractivity contribution in [2.45, 2.75) is 90.5 Å². The van der Waals surface area contributed by atoms with Gasteiger partial charge in [0.2, 0.25) is 23.5 Å². The standard InChI is InChI=1S/C37H49N7O10/c1-7-11-24(30(45)34(49)41-25(36(51)52)18-22-12-9-8-10-13-22)40-33(48)29-23(37(53)54-6)14-17-44(29)35(50)28(21(4)5)43-32(47)27(20(2)3)42-31(46)26-19-38-15-16-39-26/h8-10,12-13,15-16,19-21,23-25,27-29H,7,11,14,17-18H2,1-6H3,(H,40,48)(H,41,49)(H,42,46)(H,43,47)(H,51,52)/t23-,24?,25-,27-,28-,29-/m0/s1. The number of amides is 5. The maximum atomic E-state index is 14.2. The highest BCUT2D eigenvalue weighted by Crippen LogP contribution is 2.28. The van der Waals surface area contributed by atoms with Crippen LogP contribution in [0.25, 0.3) is 0 Å². The predicted octanol–water partition coefficient (Wildman–Crippen LogP) is 0.428. The van der Waals surface area contributed by atoms with Gasteiger partial charge in [-0.25, -0.2) is 9.78 Å². The van der Waals surface area contributed by atoms with Gasteiger partial charge < -0.3 is 36.0 Å². The van der Waals surface area contributed by atoms with E-state index in [0.717, 1.165) is 12.0 Å². The van der Waals surface area contributed by atoms with E-state index in [4.69, 9.17) is 4.74 Å². The number of methoxy groups -OCH3 is 1. The SMILES string of the molecule is CCCC(NC(=O)[C@@H]1[C@@H](C(=O)OC)CCN1C(=O)[C@@H](NC(=O)[C@@H](NC(=O)c1cnccn1)C(C)C)C(C)C)C(=O)C(=O)N[C@@H](Cc1ccccc1)C(=O)O. The smallest absolute Gasteiger partial charge is 0.326 e. The lowest BCUT2D eigenvalue weighted by molar-refractivity contribution is -0.152. The molecule has 292 valence electrons. The van der Waals surface area contributed by atoms with Crippen molar-refractivity contribution in [1.82, 2.24) is 36.1 Å². The van der Waals surface area contributed by atoms with Gasteiger partial charge in [-0.2, -0.15) is 0 Å². The summed E-state index contributed by atoms with van der Waals surface area (Å²) in [5.41, 5.74) is 0.594. The summed E-state index contributed by atoms with van der Waals surface area (Å²) in [6, 6.07) is 1.86. The van der Waals surface area contributed by atoms with Gasteiger partial charge in [-0.05, 0) is 30.2 Å². The van der Waals surface area contributed by atoms with Crippen LogP contribution in [0.3, 0.4) is 0 Å². The molecule has 2 heterocycles. The molecule has 0 bridgehead atoms. The molecule has 1 saturated heterocycles. The lowest BCUT2D eigenvalue weighted by atomic mass is 9.96. The fourth-order valence-electron chi connectivity index (χ4n) is 6.12. The fraction of sp³-hybridized carbons (Fsp3) is 0.514. The van der Waals surface area contributed by atoms with Gasteiger partial charge in [0.25, 0.3) is 11.8 Å². The number of carboxylic acids is 1. The van der Waals surface area contributed by atoms with Crippen LogP contribution in [0.15, 0.2) is 48.9 Å². The molecule has 1 aliphatic rings. The fourth-order valence-corrected chi connectivity index (χ4v) is 6.12. The lowest BCUT2D eigenvalue weighted by Gasteiger charge is -2.33. The van der Waals surface area contributed by atoms with Crippen molar-refractivity contribution >= 4 is 47.3 Å². The molecule has 5 amide bonds. The molecule has 0 radical (unpaired) electrons. The molecule has 1 fully saturated rings. The number of carboxylic acid groups (broad SMARTS) is 1. The summed E-state index contributed by atoms with van der Waals surface area (Å²) in [5, 5.41) is 19.8. The second kappa shape index (κ2) is 19.9. The molecule has 5 N–H and O–H groups in total. The Morgan fingerprint density at radius 1 is 0.889 bits per heavy atom. The highest BCUT2D eigenvalue weighted by Gasteiger charge is 2.49. The van der Waals surface area contributed by atoms with Gasteiger partial charge in [-0.1, -0.05) is 71.4 Å². The Kier molecular flexibility index (Phi) is 15.7. The predicted molar refractivity (Wildman–Crippen MR) is 192 cm³/mol. The van der Waals surface area contributed by atoms with Gasteiger partial charge in [0.1, 0.15) is 29.9 Å². The van der Waals surface area contributed by atoms with E-state index in [0.29, 0.717) is 12.0 Å². The highest BCUT2D eigenvalue weighted by atomic mass is 16.5. The summed E-state index contributed by atoms with van der Waals surface area (Å²) in [5.74, 6) is -9.52. The normalized spacial score (nSPS) is 17.4. The second-order valence-electron chi connectivity index (χ2n) is 13.7. The van der Waals surface area contributed by atoms with E-state index in [9.17, 15) is 43.5 Å². The molecule has 6 atom stereocenters. The quantitative estimate of drug-likeness (QED) is 0.103. The Hall–Kier alpha value is -5.74. The van der Waals surface area contributed by atoms with E-state index in [1.165, 1.54) is 18.6 Å². The Bertz CT molecular complexity index is 1670. The van der Waals surface area contributed by atoms with Crippen molar-refractivity contribution < 1.29 is 48.2 Å². The molecule has 17 nitrogen and oxygen atoms in total. The van der Waals surface area contributed by atoms with Gasteiger partial charge in [0.15, 0.2) is 0 Å². The van der Waals surface area contributed by atoms with Crippen LogP contribution >= 0.6 is 0 Å². The second-order valence-corrected chi connectivity index (χ2v) is 13.7. The van der Waals surface area contributed by atoms with Crippen LogP contribution in [-0.2, 0) is 44.7 Å². The number of benzene rings is 1. The van der Waals surface area contributed by atoms with E-state index in [-0.39, 0.29) is 31.5 Å². The number of aromatic nitrogens is 2. The number of likely N-dealkylation sites (tertiary alicyclic amines) is 1. The summed E-state index contributed by atoms with van der Waals surface area (Å²) in [7, 11) is 1.13. The molecule has 0 saturated carbocycles. The van der Waals surface area contributed by atoms with Crippen molar-refractivity contribution in [2.24, 2.45) is 17.8 Å². The maximum Gasteiger partial charge on any atom is 0.326 e. The molecule has 1 aromatic heterocycles. The molecule has 0 spiro atoms. The third kappa shape index (κ3) is 11.1. The highest BCUT2D eigenvalue weighted by molar-refractivity contribution is 6.38. The van der Waals surface area contributed by atoms with Crippen molar-refractivity contribution in [2.75, 3.05) is 13.7 Å². The Morgan fingerprint density at radius 2 is 1.56 bits per heavy atom. The first-order valence-corrected chi connectivity index (χ1v) is 17.8. The van der Waals surface area contributed by atoms with E-state index in [2.05, 4.69) is 31.2 Å². The number of nitrogens with one attached hydrogen (secondary N) is 4. The van der Waals surface area contributed by atoms with Crippen molar-refractivity contribution in [3.8, 4) is 0 Å². The number of aliphatic carboxylic acids is 1. The minimum Gasteiger partial charge on any atom is -0.480 e. The van der Waals surface area contributed by atoms with Crippen molar-refractivity contribution in [3.63, 3.8) is 0 Å². The van der Waals surface area contributed by atoms with Crippen molar-refractivity contribution in [3.05, 3.63) is 60.2 Å². The summed E-state index contributed by atoms with van der Waals surface area (Å²) < 4.78 is 4.94. The number of ether oxygens (including phenoxy) is 1. The first kappa shape index (κ1) is 42.7. The summed E-state index contributed by atoms with van der Waals surface area (Å²) in [4.78, 5) is 115. The van der Waals surface area contributed by atoms with Gasteiger partial charge in [-0.3, -0.25) is 38.5 Å². The number of Topliss-reactive ketones (excluding diaryl/α,β-unsaturated/α-hetero) is 1. The molecule has 1 unspecified atom stereocenters. The number of hydrogen-bond acceptors (Lipinski definition) is 11. The first-order valence-electron chi connectivity index (χ1n) is 17.8. The Labute approximate surface area is 313 Å². The average Bonchev–Trinajstić information content (AvgIpc) is 3.60. The molecule has 17 heteroatoms. The molecule has 2 aromatic rings. The number of carbonyl (C=O) groups excluding carboxylic acids is 7. The Balaban J connectivity index is 1.83. The summed E-state index contributed by atoms with van der Waals surface area (Å²) >= 11 is 0. The van der Waals surface area contributed by atoms with E-state index < -0.39 is 95.2 Å². The summed E-state index contributed by atoms with van der Waals surface area (Å²) in [6.45, 7) is 8.37. The molecule has 1 aliphatic heterocycles. The van der Waals surface area contributed by atoms with Crippen LogP contribution in [0.2, 0.25) is 0 Å². The maximum absolute atomic E-state index is 14.2. The zero-order valence-corrected chi connectivity index (χ0v) is 31.2. The van der Waals surface area contributed by atoms with Gasteiger partial charge in [0, 0.05) is 25.4 Å². The Morgan fingerprint density at radius 3 is 2.11 bits per heavy atom. The van der Waals surface area contributed by atoms with E-state index in [1.54, 1.807) is 65.0 Å². The lowest BCUT2D eigenvalue weighted by Crippen LogP contribution is -2.61. The van der Waals surface area contributed by atoms with E-state index in [1.807, 2.05) is 0 Å². The van der Waals surface area contributed by atoms with Crippen LogP contribution in [0.5, 0.6) is 0 Å². The van der Waals surface area contributed by atoms with Crippen LogP contribution in [0.1, 0.15) is 69.9 Å². The third-order valence-corrected chi connectivity index (χ3v) is 9.04. The molecular formula is C37H49N7O10. The third-order valence-electron chi connectivity index (χ3n) is 9.04. The van der Waals surface area contributed by atoms with Crippen molar-refractivity contribution in [1.29, 1.82) is 0 Å². The minimum atomic E-state index is -1.49. The number of rotatable bonds is 18. The number of esters is 1. The molecule has 54 heavy (non-hydrogen) atoms. The zero-order valence-electron chi connectivity index (χ0n) is 31.2. The molecule has 3 rings (SSSR count).